The number of carboxylic acids is 1. The van der Waals surface area contributed by atoms with Gasteiger partial charge in [0.1, 0.15) is 0 Å². The summed E-state index contributed by atoms with van der Waals surface area (Å²) in [7, 11) is 0. The monoisotopic (exact) mass is 276 g/mol. The van der Waals surface area contributed by atoms with Crippen molar-refractivity contribution < 1.29 is 14.7 Å². The lowest BCUT2D eigenvalue weighted by Gasteiger charge is -2.32. The first-order valence-corrected chi connectivity index (χ1v) is 6.98. The van der Waals surface area contributed by atoms with Crippen LogP contribution in [0, 0.1) is 0 Å². The van der Waals surface area contributed by atoms with Gasteiger partial charge in [0.15, 0.2) is 0 Å². The molecule has 20 heavy (non-hydrogen) atoms. The van der Waals surface area contributed by atoms with Gasteiger partial charge in [0.25, 0.3) is 0 Å². The lowest BCUT2D eigenvalue weighted by atomic mass is 9.95. The molecule has 0 saturated carbocycles. The van der Waals surface area contributed by atoms with Crippen LogP contribution in [0.15, 0.2) is 18.2 Å². The third kappa shape index (κ3) is 2.67. The summed E-state index contributed by atoms with van der Waals surface area (Å²) in [5, 5.41) is 9.23. The van der Waals surface area contributed by atoms with Crippen molar-refractivity contribution in [3.8, 4) is 0 Å². The number of nitrogens with zero attached hydrogens (tertiary/aromatic N) is 1. The molecule has 0 fully saturated rings. The molecule has 5 nitrogen and oxygen atoms in total. The van der Waals surface area contributed by atoms with Crippen LogP contribution in [0.5, 0.6) is 0 Å². The molecule has 1 amide bonds. The van der Waals surface area contributed by atoms with E-state index in [1.807, 2.05) is 6.92 Å². The van der Waals surface area contributed by atoms with Crippen LogP contribution in [0.4, 0.5) is 5.69 Å². The Hall–Kier alpha value is -1.88. The van der Waals surface area contributed by atoms with E-state index >= 15 is 0 Å². The van der Waals surface area contributed by atoms with Crippen molar-refractivity contribution in [2.45, 2.75) is 38.6 Å². The Labute approximate surface area is 118 Å². The molecule has 0 spiro atoms. The number of aromatic carboxylic acids is 1. The highest BCUT2D eigenvalue weighted by Gasteiger charge is 2.28. The fourth-order valence-corrected chi connectivity index (χ4v) is 2.69. The quantitative estimate of drug-likeness (QED) is 0.878. The third-order valence-corrected chi connectivity index (χ3v) is 3.66. The standard InChI is InChI=1S/C15H20N2O3/c1-2-5-12(16)14(18)17-9-4-7-10-11(15(19)20)6-3-8-13(10)17/h3,6,8,12H,2,4-5,7,9,16H2,1H3,(H,19,20). The number of nitrogens with two attached hydrogens (primary N) is 1. The lowest BCUT2D eigenvalue weighted by Crippen LogP contribution is -2.46. The molecule has 2 rings (SSSR count). The molecular weight excluding hydrogens is 256 g/mol. The molecule has 0 bridgehead atoms. The summed E-state index contributed by atoms with van der Waals surface area (Å²) < 4.78 is 0. The highest BCUT2D eigenvalue weighted by atomic mass is 16.4. The number of carbonyl (C=O) groups is 2. The molecule has 0 saturated heterocycles. The number of hydrogen-bond donors (Lipinski definition) is 2. The van der Waals surface area contributed by atoms with Crippen LogP contribution < -0.4 is 10.6 Å². The number of anilines is 1. The van der Waals surface area contributed by atoms with Crippen LogP contribution in [0.1, 0.15) is 42.1 Å². The van der Waals surface area contributed by atoms with Crippen molar-refractivity contribution in [1.29, 1.82) is 0 Å². The summed E-state index contributed by atoms with van der Waals surface area (Å²) in [6.45, 7) is 2.59. The molecule has 108 valence electrons. The molecule has 0 aromatic heterocycles. The number of fused-ring (bicyclic) bond motifs is 1. The van der Waals surface area contributed by atoms with Gasteiger partial charge < -0.3 is 15.7 Å². The minimum Gasteiger partial charge on any atom is -0.478 e. The van der Waals surface area contributed by atoms with Crippen LogP contribution in [0.25, 0.3) is 0 Å². The zero-order valence-corrected chi connectivity index (χ0v) is 11.6. The second-order valence-corrected chi connectivity index (χ2v) is 5.10. The van der Waals surface area contributed by atoms with E-state index in [1.54, 1.807) is 23.1 Å². The Bertz CT molecular complexity index is 528. The number of rotatable bonds is 4. The van der Waals surface area contributed by atoms with Crippen molar-refractivity contribution in [3.05, 3.63) is 29.3 Å². The van der Waals surface area contributed by atoms with Gasteiger partial charge in [-0.2, -0.15) is 0 Å². The zero-order chi connectivity index (χ0) is 14.7. The van der Waals surface area contributed by atoms with E-state index in [0.717, 1.165) is 18.4 Å². The van der Waals surface area contributed by atoms with Gasteiger partial charge in [-0.05, 0) is 37.0 Å². The number of carboxylic acid groups (broad SMARTS) is 1. The summed E-state index contributed by atoms with van der Waals surface area (Å²) in [6, 6.07) is 4.55. The van der Waals surface area contributed by atoms with Crippen LogP contribution in [-0.2, 0) is 11.2 Å². The molecule has 1 aliphatic heterocycles. The average Bonchev–Trinajstić information content (AvgIpc) is 2.45. The van der Waals surface area contributed by atoms with Gasteiger partial charge in [0.05, 0.1) is 11.6 Å². The number of amides is 1. The summed E-state index contributed by atoms with van der Waals surface area (Å²) in [6.07, 6.45) is 2.94. The Kier molecular flexibility index (Phi) is 4.39. The predicted molar refractivity (Wildman–Crippen MR) is 77.0 cm³/mol. The number of carbonyl (C=O) groups excluding carboxylic acids is 1. The molecule has 1 aromatic carbocycles. The molecule has 0 aliphatic carbocycles. The first-order valence-electron chi connectivity index (χ1n) is 6.98. The van der Waals surface area contributed by atoms with Crippen LogP contribution >= 0.6 is 0 Å². The van der Waals surface area contributed by atoms with Crippen molar-refractivity contribution in [2.24, 2.45) is 5.73 Å². The van der Waals surface area contributed by atoms with Crippen molar-refractivity contribution >= 4 is 17.6 Å². The maximum atomic E-state index is 12.4. The van der Waals surface area contributed by atoms with Crippen LogP contribution in [-0.4, -0.2) is 29.6 Å². The second kappa shape index (κ2) is 6.05. The van der Waals surface area contributed by atoms with Gasteiger partial charge in [0.2, 0.25) is 5.91 Å². The van der Waals surface area contributed by atoms with Gasteiger partial charge >= 0.3 is 5.97 Å². The molecule has 0 radical (unpaired) electrons. The van der Waals surface area contributed by atoms with Crippen molar-refractivity contribution in [1.82, 2.24) is 0 Å². The van der Waals surface area contributed by atoms with E-state index in [9.17, 15) is 14.7 Å². The fourth-order valence-electron chi connectivity index (χ4n) is 2.69. The van der Waals surface area contributed by atoms with Gasteiger partial charge in [0, 0.05) is 12.2 Å². The Balaban J connectivity index is 2.36. The molecular formula is C15H20N2O3. The van der Waals surface area contributed by atoms with Crippen molar-refractivity contribution in [2.75, 3.05) is 11.4 Å². The molecule has 1 aliphatic rings. The Morgan fingerprint density at radius 3 is 2.85 bits per heavy atom. The van der Waals surface area contributed by atoms with E-state index in [1.165, 1.54) is 0 Å². The summed E-state index contributed by atoms with van der Waals surface area (Å²) in [4.78, 5) is 25.3. The van der Waals surface area contributed by atoms with E-state index in [2.05, 4.69) is 0 Å². The van der Waals surface area contributed by atoms with Gasteiger partial charge in [-0.25, -0.2) is 4.79 Å². The van der Waals surface area contributed by atoms with Crippen LogP contribution in [0.2, 0.25) is 0 Å². The van der Waals surface area contributed by atoms with Gasteiger partial charge in [-0.1, -0.05) is 19.4 Å². The topological polar surface area (TPSA) is 83.6 Å². The molecule has 1 unspecified atom stereocenters. The normalized spacial score (nSPS) is 15.6. The second-order valence-electron chi connectivity index (χ2n) is 5.10. The molecule has 1 heterocycles. The molecule has 3 N–H and O–H groups in total. The van der Waals surface area contributed by atoms with E-state index < -0.39 is 12.0 Å². The lowest BCUT2D eigenvalue weighted by molar-refractivity contribution is -0.120. The molecule has 5 heteroatoms. The van der Waals surface area contributed by atoms with E-state index in [-0.39, 0.29) is 11.5 Å². The summed E-state index contributed by atoms with van der Waals surface area (Å²) in [5.74, 6) is -1.07. The van der Waals surface area contributed by atoms with Gasteiger partial charge in [-0.15, -0.1) is 0 Å². The van der Waals surface area contributed by atoms with Gasteiger partial charge in [-0.3, -0.25) is 4.79 Å². The third-order valence-electron chi connectivity index (χ3n) is 3.66. The number of benzene rings is 1. The van der Waals surface area contributed by atoms with Crippen molar-refractivity contribution in [3.63, 3.8) is 0 Å². The minimum atomic E-state index is -0.950. The first kappa shape index (κ1) is 14.5. The van der Waals surface area contributed by atoms with Crippen LogP contribution in [0.3, 0.4) is 0 Å². The molecule has 1 aromatic rings. The maximum Gasteiger partial charge on any atom is 0.336 e. The molecule has 1 atom stereocenters. The van der Waals surface area contributed by atoms with E-state index in [4.69, 9.17) is 5.73 Å². The average molecular weight is 276 g/mol. The zero-order valence-electron chi connectivity index (χ0n) is 11.6. The Morgan fingerprint density at radius 1 is 1.45 bits per heavy atom. The SMILES string of the molecule is CCCC(N)C(=O)N1CCCc2c(C(=O)O)cccc21. The fraction of sp³-hybridized carbons (Fsp3) is 0.467. The summed E-state index contributed by atoms with van der Waals surface area (Å²) >= 11 is 0. The van der Waals surface area contributed by atoms with E-state index in [0.29, 0.717) is 25.1 Å². The first-order chi connectivity index (χ1) is 9.56. The highest BCUT2D eigenvalue weighted by molar-refractivity contribution is 6.00. The predicted octanol–water partition coefficient (Wildman–Crippen LogP) is 1.79. The smallest absolute Gasteiger partial charge is 0.336 e. The highest BCUT2D eigenvalue weighted by Crippen LogP contribution is 2.30. The minimum absolute atomic E-state index is 0.115. The maximum absolute atomic E-state index is 12.4. The largest absolute Gasteiger partial charge is 0.478 e. The Morgan fingerprint density at radius 2 is 2.20 bits per heavy atom. The number of hydrogen-bond acceptors (Lipinski definition) is 3. The summed E-state index contributed by atoms with van der Waals surface area (Å²) in [5.41, 5.74) is 7.63.